The Kier molecular flexibility index (Phi) is 35.0. The van der Waals surface area contributed by atoms with Gasteiger partial charge in [0.15, 0.2) is 0 Å². The summed E-state index contributed by atoms with van der Waals surface area (Å²) in [5.41, 5.74) is 19.9. The number of aromatic nitrogens is 7. The number of rotatable bonds is 18. The fourth-order valence-corrected chi connectivity index (χ4v) is 31.8. The molecular weight excluding hydrogens is 2420 g/mol. The van der Waals surface area contributed by atoms with Crippen LogP contribution in [0.5, 0.6) is 0 Å². The minimum Gasteiger partial charge on any atom is -0.500 e. The van der Waals surface area contributed by atoms with E-state index in [1.54, 1.807) is 18.6 Å². The summed E-state index contributed by atoms with van der Waals surface area (Å²) < 4.78 is 10.9. The number of pyridine rings is 6. The first-order chi connectivity index (χ1) is 71.8. The van der Waals surface area contributed by atoms with E-state index in [2.05, 4.69) is 436 Å². The Morgan fingerprint density at radius 2 is 0.664 bits per heavy atom. The van der Waals surface area contributed by atoms with Gasteiger partial charge < -0.3 is 38.9 Å². The monoisotopic (exact) mass is 2520 g/mol. The third-order valence-corrected chi connectivity index (χ3v) is 41.9. The summed E-state index contributed by atoms with van der Waals surface area (Å²) in [7, 11) is -6.65. The molecule has 0 unspecified atom stereocenters. The van der Waals surface area contributed by atoms with Crippen molar-refractivity contribution in [3.8, 4) is 73.2 Å². The molecule has 16 aromatic carbocycles. The first-order valence-electron chi connectivity index (χ1n) is 49.4. The van der Waals surface area contributed by atoms with Crippen LogP contribution in [0.3, 0.4) is 0 Å². The average molecular weight is 2520 g/mol. The smallest absolute Gasteiger partial charge is 0.147 e. The molecule has 149 heavy (non-hydrogen) atoms. The van der Waals surface area contributed by atoms with Crippen molar-refractivity contribution in [3.05, 3.63) is 558 Å². The van der Waals surface area contributed by atoms with Crippen molar-refractivity contribution in [1.29, 1.82) is 0 Å². The molecule has 0 N–H and O–H groups in total. The van der Waals surface area contributed by atoms with Crippen molar-refractivity contribution in [2.75, 3.05) is 0 Å². The van der Waals surface area contributed by atoms with E-state index >= 15 is 0 Å². The van der Waals surface area contributed by atoms with Gasteiger partial charge in [-0.3, -0.25) is 0 Å². The molecule has 733 valence electrons. The number of benzene rings is 16. The van der Waals surface area contributed by atoms with Crippen LogP contribution in [0.4, 0.5) is 0 Å². The van der Waals surface area contributed by atoms with Gasteiger partial charge in [-0.05, 0) is 170 Å². The summed E-state index contributed by atoms with van der Waals surface area (Å²) in [4.78, 5) is 27.8. The second-order valence-electron chi connectivity index (χ2n) is 37.0. The Morgan fingerprint density at radius 1 is 0.275 bits per heavy atom. The summed E-state index contributed by atoms with van der Waals surface area (Å²) in [5, 5.41) is 19.7. The number of fused-ring (bicyclic) bond motifs is 9. The fourth-order valence-electron chi connectivity index (χ4n) is 19.6. The quantitative estimate of drug-likeness (QED) is 0.0624. The maximum absolute atomic E-state index is 5.96. The molecule has 15 heteroatoms. The van der Waals surface area contributed by atoms with Gasteiger partial charge in [0.2, 0.25) is 0 Å². The molecule has 0 aliphatic carbocycles. The average Bonchev–Trinajstić information content (AvgIpc) is 1.41. The van der Waals surface area contributed by atoms with Gasteiger partial charge in [-0.1, -0.05) is 376 Å². The number of nitrogens with zero attached hydrogens (tertiary/aromatic N) is 7. The fraction of sp³-hybridized carbons (Fsp3) is 0.0597. The molecule has 0 saturated carbocycles. The molecule has 0 atom stereocenters. The largest absolute Gasteiger partial charge is 0.500 e. The number of para-hydroxylation sites is 3. The Labute approximate surface area is 920 Å². The summed E-state index contributed by atoms with van der Waals surface area (Å²) in [6.07, 6.45) is 12.8. The van der Waals surface area contributed by atoms with Crippen LogP contribution >= 0.6 is 11.3 Å². The standard InChI is InChI=1S/C37H29N2Si.C34H30NSSi.C30H22NOSi.3C11H8N.3Ir/c1-27-24-34(38-26-37(27)40(2,30-16-8-4-9-17-30)31-18-10-5-11-19-31)28-22-23-36-33(25-28)32-20-12-13-21-35(32)39(36)29-14-6-3-7-15-29;1-24(2)20-26-22-31(25-18-19-33-30(21-25)29-16-10-11-17-32(29)36-33)35-23-34(26)37(3,27-12-6-4-7-13-27)28-14-8-5-9-15-28;1-33(23-10-4-2-5-11-23,24-12-6-3-7-13-24)25-17-18-28(31-21-25)22-16-19-30-27(20-22)26-14-8-9-15-29(26)32-30;3*1-2-6-10(7-3-1)11-8-4-5-9-12-11;;;/h3-21,23-26H,1-2H3;4-17,19,21-24H,20H2,1-3H3;2-15,17-21H,1H3;3*1-6,8-9H;;;/q6*-1;;;. The molecule has 0 fully saturated rings. The molecule has 0 aliphatic rings. The van der Waals surface area contributed by atoms with Crippen LogP contribution in [-0.2, 0) is 66.7 Å². The van der Waals surface area contributed by atoms with E-state index in [0.717, 1.165) is 107 Å². The number of hydrogen-bond acceptors (Lipinski definition) is 8. The van der Waals surface area contributed by atoms with Crippen LogP contribution in [0.1, 0.15) is 25.0 Å². The molecule has 8 nitrogen and oxygen atoms in total. The van der Waals surface area contributed by atoms with Gasteiger partial charge in [0.1, 0.15) is 29.8 Å². The van der Waals surface area contributed by atoms with Crippen LogP contribution < -0.4 is 46.7 Å². The molecule has 0 saturated heterocycles. The zero-order chi connectivity index (χ0) is 99.4. The normalized spacial score (nSPS) is 11.1. The van der Waals surface area contributed by atoms with Gasteiger partial charge in [-0.15, -0.1) is 179 Å². The van der Waals surface area contributed by atoms with Crippen molar-refractivity contribution >= 4 is 146 Å². The van der Waals surface area contributed by atoms with Crippen molar-refractivity contribution in [2.24, 2.45) is 5.92 Å². The molecule has 0 amide bonds. The van der Waals surface area contributed by atoms with Gasteiger partial charge in [0.25, 0.3) is 0 Å². The second-order valence-corrected chi connectivity index (χ2v) is 49.9. The molecule has 0 spiro atoms. The molecule has 25 aromatic rings. The molecule has 3 radical (unpaired) electrons. The predicted octanol–water partition coefficient (Wildman–Crippen LogP) is 27.5. The maximum Gasteiger partial charge on any atom is 0.147 e. The second kappa shape index (κ2) is 49.6. The number of furan rings is 1. The third kappa shape index (κ3) is 23.5. The first kappa shape index (κ1) is 105. The van der Waals surface area contributed by atoms with Crippen LogP contribution in [0.25, 0.3) is 137 Å². The van der Waals surface area contributed by atoms with Crippen molar-refractivity contribution in [1.82, 2.24) is 34.5 Å². The zero-order valence-electron chi connectivity index (χ0n) is 83.2. The first-order valence-corrected chi connectivity index (χ1v) is 57.7. The van der Waals surface area contributed by atoms with Crippen LogP contribution in [0.2, 0.25) is 19.6 Å². The van der Waals surface area contributed by atoms with Crippen LogP contribution in [0, 0.1) is 49.2 Å². The molecule has 0 aliphatic heterocycles. The van der Waals surface area contributed by atoms with E-state index < -0.39 is 24.2 Å². The van der Waals surface area contributed by atoms with E-state index in [1.165, 1.54) is 94.3 Å². The molecule has 9 heterocycles. The van der Waals surface area contributed by atoms with Gasteiger partial charge in [0.05, 0.1) is 5.58 Å². The number of thiophene rings is 1. The molecule has 9 aromatic heterocycles. The predicted molar refractivity (Wildman–Crippen MR) is 619 cm³/mol. The van der Waals surface area contributed by atoms with Crippen LogP contribution in [-0.4, -0.2) is 58.7 Å². The van der Waals surface area contributed by atoms with Crippen molar-refractivity contribution in [2.45, 2.75) is 46.8 Å². The van der Waals surface area contributed by atoms with E-state index in [-0.39, 0.29) is 60.3 Å². The van der Waals surface area contributed by atoms with Gasteiger partial charge >= 0.3 is 0 Å². The Balaban J connectivity index is 0.000000129. The Morgan fingerprint density at radius 3 is 1.13 bits per heavy atom. The van der Waals surface area contributed by atoms with Gasteiger partial charge in [-0.2, -0.15) is 11.3 Å². The minimum absolute atomic E-state index is 0. The third-order valence-electron chi connectivity index (χ3n) is 27.3. The van der Waals surface area contributed by atoms with E-state index in [9.17, 15) is 0 Å². The Hall–Kier alpha value is -15.2. The topological polar surface area (TPSA) is 95.4 Å². The minimum atomic E-state index is -2.25. The SMILES string of the molecule is CC(C)Cc1cc(-c2[c-]cc3sc4ccccc4c3c2)ncc1[Si](C)(c1ccccc1)c1ccccc1.C[Si](c1ccccc1)(c1ccccc1)c1ccc(-c2[c-]cc3oc4ccccc4c3c2)nc1.Cc1cc(-c2[c-]cc3c(c2)c2ccccc2n3-c2ccccc2)ncc1[Si](C)(c1ccccc1)c1ccccc1.[Ir].[Ir].[Ir].[c-]1ccccc1-c1ccccn1.[c-]1ccccc1-c1ccccn1.[c-]1ccccc1-c1ccccn1. The van der Waals surface area contributed by atoms with Crippen molar-refractivity contribution in [3.63, 3.8) is 0 Å². The molecule has 25 rings (SSSR count). The maximum atomic E-state index is 5.96. The zero-order valence-corrected chi connectivity index (χ0v) is 94.2. The van der Waals surface area contributed by atoms with Gasteiger partial charge in [-0.25, -0.2) is 0 Å². The molecule has 0 bridgehead atoms. The van der Waals surface area contributed by atoms with E-state index in [0.29, 0.717) is 5.92 Å². The summed E-state index contributed by atoms with van der Waals surface area (Å²) in [5.74, 6) is 0.547. The summed E-state index contributed by atoms with van der Waals surface area (Å²) >= 11 is 1.83. The van der Waals surface area contributed by atoms with Gasteiger partial charge in [0, 0.05) is 119 Å². The number of hydrogen-bond donors (Lipinski definition) is 0. The Bertz CT molecular complexity index is 8220. The van der Waals surface area contributed by atoms with Crippen LogP contribution in [0.15, 0.2) is 515 Å². The number of aryl methyl sites for hydroxylation is 1. The summed E-state index contributed by atoms with van der Waals surface area (Å²) in [6, 6.07) is 184. The summed E-state index contributed by atoms with van der Waals surface area (Å²) in [6.45, 7) is 14.2. The molecular formula is C134H105Ir3N7OSSi3-6. The van der Waals surface area contributed by atoms with E-state index in [1.807, 2.05) is 163 Å². The van der Waals surface area contributed by atoms with E-state index in [4.69, 9.17) is 19.4 Å². The van der Waals surface area contributed by atoms with Crippen molar-refractivity contribution < 1.29 is 64.7 Å².